The molecule has 28 heavy (non-hydrogen) atoms. The van der Waals surface area contributed by atoms with Gasteiger partial charge in [0.25, 0.3) is 0 Å². The standard InChI is InChI=1S/C20H22F3NO3S/c21-20(22,23)27-17-5-7-18(8-6-17)28-19-9-10-24(13-19)11-12-26-16-3-1-15(14-25)2-4-16/h1-8,19,25H,9-14H2. The molecule has 4 nitrogen and oxygen atoms in total. The topological polar surface area (TPSA) is 41.9 Å². The Hall–Kier alpha value is -1.90. The van der Waals surface area contributed by atoms with Gasteiger partial charge in [-0.1, -0.05) is 12.1 Å². The smallest absolute Gasteiger partial charge is 0.492 e. The highest BCUT2D eigenvalue weighted by atomic mass is 32.2. The van der Waals surface area contributed by atoms with Crippen molar-refractivity contribution in [1.82, 2.24) is 4.90 Å². The third-order valence-corrected chi connectivity index (χ3v) is 5.63. The van der Waals surface area contributed by atoms with Crippen LogP contribution in [0.4, 0.5) is 13.2 Å². The largest absolute Gasteiger partial charge is 0.573 e. The lowest BCUT2D eigenvalue weighted by Crippen LogP contribution is -2.26. The van der Waals surface area contributed by atoms with Crippen molar-refractivity contribution in [3.8, 4) is 11.5 Å². The molecule has 3 rings (SSSR count). The van der Waals surface area contributed by atoms with Crippen molar-refractivity contribution in [3.63, 3.8) is 0 Å². The summed E-state index contributed by atoms with van der Waals surface area (Å²) in [6.07, 6.45) is -3.64. The van der Waals surface area contributed by atoms with Crippen molar-refractivity contribution in [1.29, 1.82) is 0 Å². The first-order valence-electron chi connectivity index (χ1n) is 8.99. The summed E-state index contributed by atoms with van der Waals surface area (Å²) in [6, 6.07) is 13.4. The highest BCUT2D eigenvalue weighted by molar-refractivity contribution is 8.00. The molecule has 0 saturated carbocycles. The Morgan fingerprint density at radius 3 is 2.36 bits per heavy atom. The molecule has 0 aliphatic carbocycles. The normalized spacial score (nSPS) is 17.6. The molecule has 1 saturated heterocycles. The molecular formula is C20H22F3NO3S. The van der Waals surface area contributed by atoms with Gasteiger partial charge in [-0.15, -0.1) is 24.9 Å². The number of alkyl halides is 3. The number of aliphatic hydroxyl groups excluding tert-OH is 1. The molecule has 0 spiro atoms. The minimum atomic E-state index is -4.66. The monoisotopic (exact) mass is 413 g/mol. The van der Waals surface area contributed by atoms with Crippen LogP contribution in [0.5, 0.6) is 11.5 Å². The lowest BCUT2D eigenvalue weighted by atomic mass is 10.2. The van der Waals surface area contributed by atoms with E-state index < -0.39 is 6.36 Å². The first kappa shape index (κ1) is 20.8. The third-order valence-electron chi connectivity index (χ3n) is 4.37. The Morgan fingerprint density at radius 2 is 1.71 bits per heavy atom. The summed E-state index contributed by atoms with van der Waals surface area (Å²) >= 11 is 1.67. The average Bonchev–Trinajstić information content (AvgIpc) is 3.10. The Balaban J connectivity index is 1.39. The zero-order chi connectivity index (χ0) is 20.0. The number of hydrogen-bond acceptors (Lipinski definition) is 5. The van der Waals surface area contributed by atoms with Gasteiger partial charge in [0.2, 0.25) is 0 Å². The molecule has 0 bridgehead atoms. The SMILES string of the molecule is OCc1ccc(OCCN2CCC(Sc3ccc(OC(F)(F)F)cc3)C2)cc1. The molecule has 1 atom stereocenters. The molecule has 2 aromatic rings. The summed E-state index contributed by atoms with van der Waals surface area (Å²) in [5.41, 5.74) is 0.852. The van der Waals surface area contributed by atoms with Gasteiger partial charge in [-0.25, -0.2) is 0 Å². The van der Waals surface area contributed by atoms with Gasteiger partial charge < -0.3 is 14.6 Å². The van der Waals surface area contributed by atoms with Gasteiger partial charge in [0.15, 0.2) is 0 Å². The third kappa shape index (κ3) is 6.61. The summed E-state index contributed by atoms with van der Waals surface area (Å²) in [4.78, 5) is 3.25. The van der Waals surface area contributed by atoms with Crippen molar-refractivity contribution in [3.05, 3.63) is 54.1 Å². The highest BCUT2D eigenvalue weighted by Crippen LogP contribution is 2.32. The van der Waals surface area contributed by atoms with Crippen LogP contribution in [-0.4, -0.2) is 47.9 Å². The second-order valence-corrected chi connectivity index (χ2v) is 7.87. The Labute approximate surface area is 166 Å². The van der Waals surface area contributed by atoms with Crippen molar-refractivity contribution >= 4 is 11.8 Å². The van der Waals surface area contributed by atoms with E-state index >= 15 is 0 Å². The van der Waals surface area contributed by atoms with Gasteiger partial charge in [-0.05, 0) is 54.9 Å². The van der Waals surface area contributed by atoms with Gasteiger partial charge in [-0.2, -0.15) is 0 Å². The molecule has 1 fully saturated rings. The molecule has 1 heterocycles. The molecule has 0 aromatic heterocycles. The molecule has 0 radical (unpaired) electrons. The van der Waals surface area contributed by atoms with Crippen LogP contribution in [0, 0.1) is 0 Å². The minimum Gasteiger partial charge on any atom is -0.492 e. The van der Waals surface area contributed by atoms with E-state index in [9.17, 15) is 13.2 Å². The van der Waals surface area contributed by atoms with E-state index in [-0.39, 0.29) is 12.4 Å². The average molecular weight is 413 g/mol. The lowest BCUT2D eigenvalue weighted by Gasteiger charge is -2.16. The van der Waals surface area contributed by atoms with E-state index in [1.807, 2.05) is 24.3 Å². The van der Waals surface area contributed by atoms with Crippen molar-refractivity contribution in [2.45, 2.75) is 29.5 Å². The Bertz CT molecular complexity index is 738. The zero-order valence-electron chi connectivity index (χ0n) is 15.2. The van der Waals surface area contributed by atoms with Crippen LogP contribution < -0.4 is 9.47 Å². The minimum absolute atomic E-state index is 0.0190. The number of ether oxygens (including phenoxy) is 2. The van der Waals surface area contributed by atoms with Gasteiger partial charge in [0, 0.05) is 23.2 Å². The van der Waals surface area contributed by atoms with Gasteiger partial charge in [0.05, 0.1) is 6.61 Å². The Morgan fingerprint density at radius 1 is 1.04 bits per heavy atom. The number of benzene rings is 2. The summed E-state index contributed by atoms with van der Waals surface area (Å²) in [6.45, 7) is 3.31. The highest BCUT2D eigenvalue weighted by Gasteiger charge is 2.31. The van der Waals surface area contributed by atoms with Crippen LogP contribution in [0.15, 0.2) is 53.4 Å². The predicted octanol–water partition coefficient (Wildman–Crippen LogP) is 4.32. The molecule has 2 aromatic carbocycles. The summed E-state index contributed by atoms with van der Waals surface area (Å²) < 4.78 is 46.2. The molecule has 1 N–H and O–H groups in total. The second kappa shape index (κ2) is 9.54. The first-order chi connectivity index (χ1) is 13.4. The Kier molecular flexibility index (Phi) is 7.09. The fraction of sp³-hybridized carbons (Fsp3) is 0.400. The second-order valence-electron chi connectivity index (χ2n) is 6.50. The molecule has 1 unspecified atom stereocenters. The molecule has 1 aliphatic rings. The summed E-state index contributed by atoms with van der Waals surface area (Å²) in [5.74, 6) is 0.581. The number of likely N-dealkylation sites (tertiary alicyclic amines) is 1. The van der Waals surface area contributed by atoms with E-state index in [0.717, 1.165) is 42.3 Å². The molecule has 0 amide bonds. The number of aliphatic hydroxyl groups is 1. The maximum atomic E-state index is 12.2. The number of halogens is 3. The fourth-order valence-corrected chi connectivity index (χ4v) is 4.18. The van der Waals surface area contributed by atoms with Crippen molar-refractivity contribution in [2.24, 2.45) is 0 Å². The molecular weight excluding hydrogens is 391 g/mol. The van der Waals surface area contributed by atoms with E-state index in [1.54, 1.807) is 23.9 Å². The van der Waals surface area contributed by atoms with Crippen LogP contribution in [0.1, 0.15) is 12.0 Å². The number of hydrogen-bond donors (Lipinski definition) is 1. The lowest BCUT2D eigenvalue weighted by molar-refractivity contribution is -0.274. The van der Waals surface area contributed by atoms with Crippen LogP contribution in [0.3, 0.4) is 0 Å². The predicted molar refractivity (Wildman–Crippen MR) is 102 cm³/mol. The number of rotatable bonds is 8. The van der Waals surface area contributed by atoms with Crippen molar-refractivity contribution in [2.75, 3.05) is 26.2 Å². The van der Waals surface area contributed by atoms with Gasteiger partial charge >= 0.3 is 6.36 Å². The van der Waals surface area contributed by atoms with E-state index in [0.29, 0.717) is 11.9 Å². The van der Waals surface area contributed by atoms with Crippen LogP contribution >= 0.6 is 11.8 Å². The van der Waals surface area contributed by atoms with E-state index in [4.69, 9.17) is 9.84 Å². The zero-order valence-corrected chi connectivity index (χ0v) is 16.0. The maximum Gasteiger partial charge on any atom is 0.573 e. The van der Waals surface area contributed by atoms with E-state index in [1.165, 1.54) is 12.1 Å². The molecule has 152 valence electrons. The van der Waals surface area contributed by atoms with E-state index in [2.05, 4.69) is 9.64 Å². The van der Waals surface area contributed by atoms with Crippen LogP contribution in [0.2, 0.25) is 0 Å². The number of thioether (sulfide) groups is 1. The fourth-order valence-electron chi connectivity index (χ4n) is 2.99. The quantitative estimate of drug-likeness (QED) is 0.698. The van der Waals surface area contributed by atoms with Crippen molar-refractivity contribution < 1.29 is 27.8 Å². The molecule has 1 aliphatic heterocycles. The van der Waals surface area contributed by atoms with Gasteiger partial charge in [0.1, 0.15) is 18.1 Å². The number of nitrogens with zero attached hydrogens (tertiary/aromatic N) is 1. The summed E-state index contributed by atoms with van der Waals surface area (Å²) in [5, 5.41) is 9.44. The van der Waals surface area contributed by atoms with Crippen LogP contribution in [0.25, 0.3) is 0 Å². The van der Waals surface area contributed by atoms with Crippen LogP contribution in [-0.2, 0) is 6.61 Å². The van der Waals surface area contributed by atoms with Gasteiger partial charge in [-0.3, -0.25) is 4.90 Å². The maximum absolute atomic E-state index is 12.2. The molecule has 8 heteroatoms. The summed E-state index contributed by atoms with van der Waals surface area (Å²) in [7, 11) is 0. The first-order valence-corrected chi connectivity index (χ1v) is 9.87.